The Labute approximate surface area is 208 Å². The van der Waals surface area contributed by atoms with Gasteiger partial charge in [0, 0.05) is 51.5 Å². The molecule has 1 aromatic carbocycles. The number of anilines is 1. The second-order valence-corrected chi connectivity index (χ2v) is 9.43. The molecular weight excluding hydrogens is 503 g/mol. The standard InChI is InChI=1S/C23H25F5N6O3/c1-32-20-14(18(31-32)13-10-15(23(26,27)28)17(25)19(35)16(13)24)11-29-21(30-20)34-4-2-22(36,3-5-34)12-33-6-8-37-9-7-33/h10-11,35-36H,2-9,12H2,1H3. The Bertz CT molecular complexity index is 1320. The zero-order chi connectivity index (χ0) is 26.5. The fourth-order valence-corrected chi connectivity index (χ4v) is 4.84. The Balaban J connectivity index is 1.41. The SMILES string of the molecule is Cn1nc(-c2cc(C(F)(F)F)c(F)c(O)c2F)c2cnc(N3CCC(O)(CN4CCOCC4)CC3)nc21. The number of halogens is 5. The number of benzene rings is 1. The number of aromatic nitrogens is 4. The van der Waals surface area contributed by atoms with Gasteiger partial charge in [0.1, 0.15) is 5.69 Å². The maximum atomic E-state index is 14.7. The van der Waals surface area contributed by atoms with E-state index in [1.165, 1.54) is 17.9 Å². The van der Waals surface area contributed by atoms with Crippen LogP contribution in [0, 0.1) is 11.6 Å². The number of ether oxygens (including phenoxy) is 1. The molecule has 0 radical (unpaired) electrons. The summed E-state index contributed by atoms with van der Waals surface area (Å²) in [6, 6.07) is 0.278. The molecule has 0 aliphatic carbocycles. The molecule has 0 spiro atoms. The lowest BCUT2D eigenvalue weighted by Gasteiger charge is -2.41. The highest BCUT2D eigenvalue weighted by Gasteiger charge is 2.39. The molecule has 2 aliphatic heterocycles. The second kappa shape index (κ2) is 9.33. The van der Waals surface area contributed by atoms with E-state index in [9.17, 15) is 32.2 Å². The van der Waals surface area contributed by atoms with Gasteiger partial charge in [-0.15, -0.1) is 0 Å². The number of hydrogen-bond acceptors (Lipinski definition) is 8. The minimum absolute atomic E-state index is 0.130. The second-order valence-electron chi connectivity index (χ2n) is 9.43. The number of aromatic hydroxyl groups is 1. The number of phenols is 1. The van der Waals surface area contributed by atoms with Crippen LogP contribution in [0.4, 0.5) is 27.9 Å². The molecule has 0 saturated carbocycles. The van der Waals surface area contributed by atoms with Crippen LogP contribution in [0.3, 0.4) is 0 Å². The predicted molar refractivity (Wildman–Crippen MR) is 122 cm³/mol. The van der Waals surface area contributed by atoms with Gasteiger partial charge in [-0.25, -0.2) is 18.4 Å². The molecule has 0 unspecified atom stereocenters. The van der Waals surface area contributed by atoms with E-state index in [0.717, 1.165) is 13.1 Å². The van der Waals surface area contributed by atoms with Crippen LogP contribution in [-0.4, -0.2) is 86.4 Å². The molecule has 37 heavy (non-hydrogen) atoms. The molecule has 5 rings (SSSR count). The van der Waals surface area contributed by atoms with E-state index >= 15 is 0 Å². The fourth-order valence-electron chi connectivity index (χ4n) is 4.84. The number of β-amino-alcohol motifs (C(OH)–C–C–N with tert-alkyl or cyclic N) is 1. The van der Waals surface area contributed by atoms with Gasteiger partial charge in [0.25, 0.3) is 0 Å². The van der Waals surface area contributed by atoms with E-state index in [4.69, 9.17) is 4.74 Å². The molecular formula is C23H25F5N6O3. The van der Waals surface area contributed by atoms with E-state index in [1.54, 1.807) is 0 Å². The van der Waals surface area contributed by atoms with Crippen molar-refractivity contribution in [3.05, 3.63) is 29.5 Å². The van der Waals surface area contributed by atoms with E-state index in [2.05, 4.69) is 20.0 Å². The van der Waals surface area contributed by atoms with Crippen molar-refractivity contribution in [3.8, 4) is 17.0 Å². The van der Waals surface area contributed by atoms with Crippen LogP contribution >= 0.6 is 0 Å². The zero-order valence-electron chi connectivity index (χ0n) is 19.9. The molecule has 2 N–H and O–H groups in total. The third-order valence-electron chi connectivity index (χ3n) is 6.90. The topological polar surface area (TPSA) is 99.8 Å². The molecule has 3 aromatic rings. The normalized spacial score (nSPS) is 19.1. The number of nitrogens with zero attached hydrogens (tertiary/aromatic N) is 6. The number of aryl methyl sites for hydroxylation is 1. The van der Waals surface area contributed by atoms with Gasteiger partial charge >= 0.3 is 6.18 Å². The molecule has 0 atom stereocenters. The number of phenolic OH excluding ortho intramolecular Hbond substituents is 1. The van der Waals surface area contributed by atoms with E-state index in [-0.39, 0.29) is 22.8 Å². The Morgan fingerprint density at radius 1 is 1.08 bits per heavy atom. The Morgan fingerprint density at radius 2 is 1.76 bits per heavy atom. The highest BCUT2D eigenvalue weighted by Crippen LogP contribution is 2.41. The summed E-state index contributed by atoms with van der Waals surface area (Å²) in [5, 5.41) is 25.0. The first-order chi connectivity index (χ1) is 17.5. The zero-order valence-corrected chi connectivity index (χ0v) is 19.9. The van der Waals surface area contributed by atoms with Crippen molar-refractivity contribution in [3.63, 3.8) is 0 Å². The monoisotopic (exact) mass is 528 g/mol. The average molecular weight is 528 g/mol. The molecule has 14 heteroatoms. The predicted octanol–water partition coefficient (Wildman–Crippen LogP) is 2.70. The van der Waals surface area contributed by atoms with Crippen molar-refractivity contribution < 1.29 is 36.9 Å². The Morgan fingerprint density at radius 3 is 2.41 bits per heavy atom. The van der Waals surface area contributed by atoms with Gasteiger partial charge in [-0.3, -0.25) is 4.90 Å². The molecule has 0 bridgehead atoms. The van der Waals surface area contributed by atoms with Gasteiger partial charge in [0.15, 0.2) is 23.0 Å². The van der Waals surface area contributed by atoms with Gasteiger partial charge in [0.2, 0.25) is 5.95 Å². The van der Waals surface area contributed by atoms with E-state index in [1.807, 2.05) is 4.90 Å². The third-order valence-corrected chi connectivity index (χ3v) is 6.90. The number of aliphatic hydroxyl groups is 1. The number of fused-ring (bicyclic) bond motifs is 1. The molecule has 9 nitrogen and oxygen atoms in total. The molecule has 200 valence electrons. The molecule has 0 amide bonds. The Hall–Kier alpha value is -3.10. The number of piperidine rings is 1. The van der Waals surface area contributed by atoms with Gasteiger partial charge in [-0.2, -0.15) is 23.3 Å². The number of alkyl halides is 3. The van der Waals surface area contributed by atoms with Crippen LogP contribution in [-0.2, 0) is 18.0 Å². The number of morpholine rings is 1. The third kappa shape index (κ3) is 4.80. The van der Waals surface area contributed by atoms with Crippen molar-refractivity contribution in [2.75, 3.05) is 50.8 Å². The van der Waals surface area contributed by atoms with Crippen LogP contribution in [0.5, 0.6) is 5.75 Å². The molecule has 2 fully saturated rings. The minimum Gasteiger partial charge on any atom is -0.503 e. The summed E-state index contributed by atoms with van der Waals surface area (Å²) in [6.07, 6.45) is -2.87. The summed E-state index contributed by atoms with van der Waals surface area (Å²) in [5.41, 5.74) is -3.43. The fraction of sp³-hybridized carbons (Fsp3) is 0.522. The van der Waals surface area contributed by atoms with Gasteiger partial charge < -0.3 is 19.8 Å². The summed E-state index contributed by atoms with van der Waals surface area (Å²) < 4.78 is 75.0. The van der Waals surface area contributed by atoms with Gasteiger partial charge in [-0.1, -0.05) is 0 Å². The van der Waals surface area contributed by atoms with E-state index in [0.29, 0.717) is 51.6 Å². The Kier molecular flexibility index (Phi) is 6.44. The lowest BCUT2D eigenvalue weighted by Crippen LogP contribution is -2.53. The number of rotatable bonds is 4. The number of hydrogen-bond donors (Lipinski definition) is 2. The van der Waals surface area contributed by atoms with E-state index < -0.39 is 40.3 Å². The summed E-state index contributed by atoms with van der Waals surface area (Å²) in [5.74, 6) is -5.07. The van der Waals surface area contributed by atoms with Gasteiger partial charge in [0.05, 0.1) is 29.8 Å². The lowest BCUT2D eigenvalue weighted by molar-refractivity contribution is -0.140. The summed E-state index contributed by atoms with van der Waals surface area (Å²) in [7, 11) is 1.48. The lowest BCUT2D eigenvalue weighted by atomic mass is 9.91. The highest BCUT2D eigenvalue weighted by atomic mass is 19.4. The molecule has 4 heterocycles. The first-order valence-electron chi connectivity index (χ1n) is 11.7. The molecule has 2 saturated heterocycles. The van der Waals surface area contributed by atoms with Crippen molar-refractivity contribution in [1.29, 1.82) is 0 Å². The minimum atomic E-state index is -5.16. The van der Waals surface area contributed by atoms with Crippen LogP contribution in [0.2, 0.25) is 0 Å². The highest BCUT2D eigenvalue weighted by molar-refractivity contribution is 5.91. The summed E-state index contributed by atoms with van der Waals surface area (Å²) in [6.45, 7) is 4.32. The van der Waals surface area contributed by atoms with Crippen LogP contribution in [0.15, 0.2) is 12.3 Å². The smallest absolute Gasteiger partial charge is 0.419 e. The van der Waals surface area contributed by atoms with Crippen LogP contribution < -0.4 is 4.90 Å². The van der Waals surface area contributed by atoms with Crippen LogP contribution in [0.1, 0.15) is 18.4 Å². The van der Waals surface area contributed by atoms with Crippen LogP contribution in [0.25, 0.3) is 22.3 Å². The first kappa shape index (κ1) is 25.5. The summed E-state index contributed by atoms with van der Waals surface area (Å²) in [4.78, 5) is 12.8. The molecule has 2 aromatic heterocycles. The summed E-state index contributed by atoms with van der Waals surface area (Å²) >= 11 is 0. The first-order valence-corrected chi connectivity index (χ1v) is 11.7. The maximum absolute atomic E-state index is 14.7. The maximum Gasteiger partial charge on any atom is 0.419 e. The van der Waals surface area contributed by atoms with Crippen molar-refractivity contribution >= 4 is 17.0 Å². The van der Waals surface area contributed by atoms with Gasteiger partial charge in [-0.05, 0) is 18.9 Å². The largest absolute Gasteiger partial charge is 0.503 e. The van der Waals surface area contributed by atoms with Crippen molar-refractivity contribution in [1.82, 2.24) is 24.6 Å². The van der Waals surface area contributed by atoms with Crippen molar-refractivity contribution in [2.45, 2.75) is 24.6 Å². The quantitative estimate of drug-likeness (QED) is 0.499. The molecule has 2 aliphatic rings. The van der Waals surface area contributed by atoms with Crippen molar-refractivity contribution in [2.24, 2.45) is 7.05 Å². The average Bonchev–Trinajstić information content (AvgIpc) is 3.18.